The SMILES string of the molecule is CCOC(=O)N1[C@@H]2c3ccccc3[C@H]1[C@@H](Br)[C@@H]2Br. The van der Waals surface area contributed by atoms with Crippen molar-refractivity contribution in [2.75, 3.05) is 6.61 Å². The Kier molecular flexibility index (Phi) is 3.14. The van der Waals surface area contributed by atoms with E-state index in [0.717, 1.165) is 0 Å². The second-order valence-corrected chi connectivity index (χ2v) is 6.63. The van der Waals surface area contributed by atoms with Gasteiger partial charge in [-0.25, -0.2) is 4.79 Å². The molecule has 0 radical (unpaired) electrons. The third kappa shape index (κ3) is 1.56. The standard InChI is InChI=1S/C13H13Br2NO2/c1-2-18-13(17)16-11-7-5-3-4-6-8(7)12(16)10(15)9(11)14/h3-6,9-12H,2H2,1H3/t9-,10-,11-,12+/m0/s1. The van der Waals surface area contributed by atoms with Crippen LogP contribution in [0.15, 0.2) is 24.3 Å². The fourth-order valence-corrected chi connectivity index (χ4v) is 4.60. The molecule has 1 amide bonds. The summed E-state index contributed by atoms with van der Waals surface area (Å²) in [6.45, 7) is 2.24. The maximum Gasteiger partial charge on any atom is 0.410 e. The molecule has 1 saturated heterocycles. The highest BCUT2D eigenvalue weighted by atomic mass is 79.9. The summed E-state index contributed by atoms with van der Waals surface area (Å²) in [4.78, 5) is 14.4. The number of fused-ring (bicyclic) bond motifs is 5. The summed E-state index contributed by atoms with van der Waals surface area (Å²) in [5.41, 5.74) is 2.46. The van der Waals surface area contributed by atoms with Crippen LogP contribution in [-0.4, -0.2) is 27.3 Å². The second kappa shape index (κ2) is 4.53. The minimum atomic E-state index is -0.227. The highest BCUT2D eigenvalue weighted by Crippen LogP contribution is 2.58. The van der Waals surface area contributed by atoms with Gasteiger partial charge in [-0.05, 0) is 18.1 Å². The number of halogens is 2. The number of benzene rings is 1. The van der Waals surface area contributed by atoms with Gasteiger partial charge in [0.05, 0.1) is 28.3 Å². The van der Waals surface area contributed by atoms with Gasteiger partial charge >= 0.3 is 6.09 Å². The Morgan fingerprint density at radius 2 is 1.72 bits per heavy atom. The van der Waals surface area contributed by atoms with E-state index in [9.17, 15) is 4.79 Å². The van der Waals surface area contributed by atoms with Gasteiger partial charge in [-0.15, -0.1) is 0 Å². The summed E-state index contributed by atoms with van der Waals surface area (Å²) >= 11 is 7.39. The average molecular weight is 375 g/mol. The normalized spacial score (nSPS) is 32.5. The fourth-order valence-electron chi connectivity index (χ4n) is 2.95. The molecule has 0 aliphatic carbocycles. The van der Waals surface area contributed by atoms with Gasteiger partial charge in [0.25, 0.3) is 0 Å². The Morgan fingerprint density at radius 1 is 1.22 bits per heavy atom. The molecule has 2 bridgehead atoms. The lowest BCUT2D eigenvalue weighted by atomic mass is 9.92. The first kappa shape index (κ1) is 12.5. The molecule has 1 aromatic rings. The van der Waals surface area contributed by atoms with Gasteiger partial charge in [0.1, 0.15) is 0 Å². The third-order valence-electron chi connectivity index (χ3n) is 3.62. The third-order valence-corrected chi connectivity index (χ3v) is 6.47. The van der Waals surface area contributed by atoms with Crippen molar-refractivity contribution in [2.45, 2.75) is 28.7 Å². The van der Waals surface area contributed by atoms with Crippen LogP contribution >= 0.6 is 31.9 Å². The van der Waals surface area contributed by atoms with Gasteiger partial charge in [-0.1, -0.05) is 56.1 Å². The van der Waals surface area contributed by atoms with Gasteiger partial charge in [0.2, 0.25) is 0 Å². The quantitative estimate of drug-likeness (QED) is 0.700. The molecule has 1 aromatic carbocycles. The molecule has 0 aromatic heterocycles. The topological polar surface area (TPSA) is 29.5 Å². The van der Waals surface area contributed by atoms with E-state index in [1.165, 1.54) is 11.1 Å². The molecule has 4 atom stereocenters. The lowest BCUT2D eigenvalue weighted by Gasteiger charge is -2.21. The van der Waals surface area contributed by atoms with Crippen LogP contribution in [0.5, 0.6) is 0 Å². The highest BCUT2D eigenvalue weighted by molar-refractivity contribution is 9.12. The Morgan fingerprint density at radius 3 is 2.17 bits per heavy atom. The van der Waals surface area contributed by atoms with Crippen molar-refractivity contribution in [3.63, 3.8) is 0 Å². The zero-order chi connectivity index (χ0) is 12.9. The minimum absolute atomic E-state index is 0.0645. The van der Waals surface area contributed by atoms with Gasteiger partial charge in [0, 0.05) is 0 Å². The zero-order valence-corrected chi connectivity index (χ0v) is 13.0. The van der Waals surface area contributed by atoms with Crippen molar-refractivity contribution in [3.8, 4) is 0 Å². The number of nitrogens with zero attached hydrogens (tertiary/aromatic N) is 1. The molecule has 2 heterocycles. The minimum Gasteiger partial charge on any atom is -0.450 e. The summed E-state index contributed by atoms with van der Waals surface area (Å²) in [6, 6.07) is 8.36. The van der Waals surface area contributed by atoms with E-state index in [1.807, 2.05) is 24.0 Å². The number of ether oxygens (including phenoxy) is 1. The van der Waals surface area contributed by atoms with Crippen LogP contribution < -0.4 is 0 Å². The van der Waals surface area contributed by atoms with E-state index in [1.54, 1.807) is 0 Å². The molecule has 0 unspecified atom stereocenters. The zero-order valence-electron chi connectivity index (χ0n) is 9.85. The summed E-state index contributed by atoms with van der Waals surface area (Å²) in [7, 11) is 0. The second-order valence-electron chi connectivity index (χ2n) is 4.51. The van der Waals surface area contributed by atoms with Crippen LogP contribution in [0.4, 0.5) is 4.79 Å². The number of carbonyl (C=O) groups excluding carboxylic acids is 1. The molecule has 3 nitrogen and oxygen atoms in total. The molecule has 1 fully saturated rings. The van der Waals surface area contributed by atoms with Crippen molar-refractivity contribution in [1.82, 2.24) is 4.90 Å². The summed E-state index contributed by atoms with van der Waals surface area (Å²) in [5, 5.41) is 0. The molecular formula is C13H13Br2NO2. The molecule has 3 rings (SSSR count). The Labute approximate surface area is 123 Å². The molecule has 96 valence electrons. The predicted octanol–water partition coefficient (Wildman–Crippen LogP) is 3.78. The van der Waals surface area contributed by atoms with Crippen LogP contribution in [0.3, 0.4) is 0 Å². The number of alkyl halides is 2. The number of amides is 1. The molecule has 2 aliphatic rings. The molecule has 2 aliphatic heterocycles. The molecular weight excluding hydrogens is 362 g/mol. The molecule has 5 heteroatoms. The summed E-state index contributed by atoms with van der Waals surface area (Å²) < 4.78 is 5.18. The number of hydrogen-bond acceptors (Lipinski definition) is 2. The maximum absolute atomic E-state index is 12.1. The Balaban J connectivity index is 2.04. The fraction of sp³-hybridized carbons (Fsp3) is 0.462. The van der Waals surface area contributed by atoms with Crippen LogP contribution in [-0.2, 0) is 4.74 Å². The van der Waals surface area contributed by atoms with Crippen LogP contribution in [0, 0.1) is 0 Å². The number of rotatable bonds is 1. The van der Waals surface area contributed by atoms with Crippen molar-refractivity contribution >= 4 is 38.0 Å². The Hall–Kier alpha value is -0.550. The first-order valence-electron chi connectivity index (χ1n) is 5.99. The van der Waals surface area contributed by atoms with Crippen LogP contribution in [0.2, 0.25) is 0 Å². The van der Waals surface area contributed by atoms with Crippen LogP contribution in [0.25, 0.3) is 0 Å². The van der Waals surface area contributed by atoms with Crippen molar-refractivity contribution in [2.24, 2.45) is 0 Å². The smallest absolute Gasteiger partial charge is 0.410 e. The van der Waals surface area contributed by atoms with E-state index < -0.39 is 0 Å². The van der Waals surface area contributed by atoms with Gasteiger partial charge < -0.3 is 4.74 Å². The van der Waals surface area contributed by atoms with E-state index in [2.05, 4.69) is 44.0 Å². The number of carbonyl (C=O) groups is 1. The lowest BCUT2D eigenvalue weighted by Crippen LogP contribution is -2.30. The van der Waals surface area contributed by atoms with Crippen molar-refractivity contribution in [1.29, 1.82) is 0 Å². The number of hydrogen-bond donors (Lipinski definition) is 0. The average Bonchev–Trinajstić information content (AvgIpc) is 2.83. The van der Waals surface area contributed by atoms with Crippen molar-refractivity contribution < 1.29 is 9.53 Å². The van der Waals surface area contributed by atoms with Gasteiger partial charge in [0.15, 0.2) is 0 Å². The molecule has 0 N–H and O–H groups in total. The lowest BCUT2D eigenvalue weighted by molar-refractivity contribution is 0.0952. The maximum atomic E-state index is 12.1. The molecule has 0 spiro atoms. The van der Waals surface area contributed by atoms with Crippen LogP contribution in [0.1, 0.15) is 30.1 Å². The highest BCUT2D eigenvalue weighted by Gasteiger charge is 2.56. The first-order chi connectivity index (χ1) is 8.66. The van der Waals surface area contributed by atoms with E-state index >= 15 is 0 Å². The monoisotopic (exact) mass is 373 g/mol. The Bertz CT molecular complexity index is 459. The van der Waals surface area contributed by atoms with Crippen molar-refractivity contribution in [3.05, 3.63) is 35.4 Å². The predicted molar refractivity (Wildman–Crippen MR) is 76.2 cm³/mol. The summed E-state index contributed by atoms with van der Waals surface area (Å²) in [5.74, 6) is 0. The van der Waals surface area contributed by atoms with E-state index in [0.29, 0.717) is 6.61 Å². The van der Waals surface area contributed by atoms with Gasteiger partial charge in [-0.3, -0.25) is 4.90 Å². The van der Waals surface area contributed by atoms with E-state index in [-0.39, 0.29) is 27.8 Å². The summed E-state index contributed by atoms with van der Waals surface area (Å²) in [6.07, 6.45) is -0.227. The van der Waals surface area contributed by atoms with E-state index in [4.69, 9.17) is 4.74 Å². The van der Waals surface area contributed by atoms with Gasteiger partial charge in [-0.2, -0.15) is 0 Å². The molecule has 18 heavy (non-hydrogen) atoms. The first-order valence-corrected chi connectivity index (χ1v) is 7.82. The molecule has 0 saturated carbocycles. The largest absolute Gasteiger partial charge is 0.450 e.